The van der Waals surface area contributed by atoms with Crippen molar-refractivity contribution in [2.75, 3.05) is 4.72 Å². The third-order valence-corrected chi connectivity index (χ3v) is 6.78. The topological polar surface area (TPSA) is 89.5 Å². The van der Waals surface area contributed by atoms with Crippen LogP contribution in [0.2, 0.25) is 0 Å². The molecule has 28 heavy (non-hydrogen) atoms. The number of anilines is 1. The highest BCUT2D eigenvalue weighted by molar-refractivity contribution is 7.92. The monoisotopic (exact) mass is 417 g/mol. The van der Waals surface area contributed by atoms with Gasteiger partial charge in [-0.1, -0.05) is 42.0 Å². The molecule has 0 aromatic heterocycles. The maximum absolute atomic E-state index is 12.6. The first-order chi connectivity index (χ1) is 13.2. The van der Waals surface area contributed by atoms with E-state index in [2.05, 4.69) is 4.72 Å². The second-order valence-electron chi connectivity index (χ2n) is 6.25. The van der Waals surface area contributed by atoms with Gasteiger partial charge in [0.25, 0.3) is 10.0 Å². The van der Waals surface area contributed by atoms with Crippen LogP contribution in [0.1, 0.15) is 11.1 Å². The van der Waals surface area contributed by atoms with E-state index in [1.807, 2.05) is 6.92 Å². The molecule has 1 N–H and O–H groups in total. The Kier molecular flexibility index (Phi) is 5.44. The third kappa shape index (κ3) is 4.52. The predicted octanol–water partition coefficient (Wildman–Crippen LogP) is 3.87. The summed E-state index contributed by atoms with van der Waals surface area (Å²) in [4.78, 5) is -0.0240. The van der Waals surface area contributed by atoms with Gasteiger partial charge >= 0.3 is 10.1 Å². The van der Waals surface area contributed by atoms with Crippen LogP contribution in [0, 0.1) is 13.8 Å². The van der Waals surface area contributed by atoms with Crippen molar-refractivity contribution in [1.82, 2.24) is 0 Å². The summed E-state index contributed by atoms with van der Waals surface area (Å²) in [5.41, 5.74) is 1.50. The molecule has 0 aliphatic carbocycles. The minimum absolute atomic E-state index is 0.0867. The molecule has 0 radical (unpaired) electrons. The van der Waals surface area contributed by atoms with Crippen LogP contribution < -0.4 is 8.91 Å². The van der Waals surface area contributed by atoms with Gasteiger partial charge in [-0.3, -0.25) is 4.72 Å². The summed E-state index contributed by atoms with van der Waals surface area (Å²) in [5.74, 6) is 0.174. The van der Waals surface area contributed by atoms with E-state index in [1.54, 1.807) is 37.3 Å². The average molecular weight is 418 g/mol. The van der Waals surface area contributed by atoms with Crippen LogP contribution in [0.5, 0.6) is 5.75 Å². The molecule has 0 saturated heterocycles. The quantitative estimate of drug-likeness (QED) is 0.615. The van der Waals surface area contributed by atoms with Gasteiger partial charge in [-0.15, -0.1) is 0 Å². The standard InChI is InChI=1S/C20H19NO5S2/c1-15-8-12-19(13-9-15)27(22,23)21-17-11-10-16(2)20(14-17)28(24,25)26-18-6-4-3-5-7-18/h3-14,21H,1-2H3. The molecule has 0 aliphatic heterocycles. The van der Waals surface area contributed by atoms with Crippen molar-refractivity contribution in [1.29, 1.82) is 0 Å². The van der Waals surface area contributed by atoms with Gasteiger partial charge in [-0.25, -0.2) is 8.42 Å². The minimum Gasteiger partial charge on any atom is -0.379 e. The largest absolute Gasteiger partial charge is 0.379 e. The van der Waals surface area contributed by atoms with E-state index in [9.17, 15) is 16.8 Å². The molecule has 0 amide bonds. The van der Waals surface area contributed by atoms with Gasteiger partial charge in [-0.05, 0) is 55.8 Å². The lowest BCUT2D eigenvalue weighted by Crippen LogP contribution is -2.15. The molecule has 0 atom stereocenters. The van der Waals surface area contributed by atoms with Crippen LogP contribution >= 0.6 is 0 Å². The van der Waals surface area contributed by atoms with E-state index in [0.717, 1.165) is 5.56 Å². The average Bonchev–Trinajstić information content (AvgIpc) is 2.64. The van der Waals surface area contributed by atoms with Gasteiger partial charge in [0.1, 0.15) is 10.6 Å². The summed E-state index contributed by atoms with van der Waals surface area (Å²) >= 11 is 0. The van der Waals surface area contributed by atoms with Gasteiger partial charge in [0.15, 0.2) is 0 Å². The van der Waals surface area contributed by atoms with Gasteiger partial charge in [0.2, 0.25) is 0 Å². The molecule has 6 nitrogen and oxygen atoms in total. The lowest BCUT2D eigenvalue weighted by atomic mass is 10.2. The van der Waals surface area contributed by atoms with E-state index in [1.165, 1.54) is 42.5 Å². The van der Waals surface area contributed by atoms with E-state index in [4.69, 9.17) is 4.18 Å². The van der Waals surface area contributed by atoms with E-state index in [0.29, 0.717) is 5.56 Å². The zero-order valence-corrected chi connectivity index (χ0v) is 16.9. The molecular weight excluding hydrogens is 398 g/mol. The molecule has 3 aromatic carbocycles. The zero-order chi connectivity index (χ0) is 20.4. The summed E-state index contributed by atoms with van der Waals surface area (Å²) in [6.07, 6.45) is 0. The fourth-order valence-corrected chi connectivity index (χ4v) is 4.75. The number of benzene rings is 3. The van der Waals surface area contributed by atoms with Crippen molar-refractivity contribution in [2.45, 2.75) is 23.6 Å². The Balaban J connectivity index is 1.92. The minimum atomic E-state index is -4.13. The Bertz CT molecular complexity index is 1190. The van der Waals surface area contributed by atoms with Gasteiger partial charge in [0, 0.05) is 0 Å². The highest BCUT2D eigenvalue weighted by Crippen LogP contribution is 2.25. The number of aryl methyl sites for hydroxylation is 2. The Hall–Kier alpha value is -2.84. The van der Waals surface area contributed by atoms with Crippen molar-refractivity contribution in [3.63, 3.8) is 0 Å². The third-order valence-electron chi connectivity index (χ3n) is 3.99. The Labute approximate surface area is 165 Å². The maximum Gasteiger partial charge on any atom is 0.339 e. The number of hydrogen-bond acceptors (Lipinski definition) is 5. The molecule has 0 heterocycles. The first kappa shape index (κ1) is 19.9. The first-order valence-corrected chi connectivity index (χ1v) is 11.3. The lowest BCUT2D eigenvalue weighted by Gasteiger charge is -2.13. The Morgan fingerprint density at radius 1 is 0.786 bits per heavy atom. The highest BCUT2D eigenvalue weighted by atomic mass is 32.2. The number of para-hydroxylation sites is 1. The van der Waals surface area contributed by atoms with Crippen molar-refractivity contribution in [3.8, 4) is 5.75 Å². The first-order valence-electron chi connectivity index (χ1n) is 8.37. The van der Waals surface area contributed by atoms with Crippen LogP contribution in [0.25, 0.3) is 0 Å². The summed E-state index contributed by atoms with van der Waals surface area (Å²) in [5, 5.41) is 0. The summed E-state index contributed by atoms with van der Waals surface area (Å²) in [6.45, 7) is 3.47. The number of nitrogens with one attached hydrogen (secondary N) is 1. The van der Waals surface area contributed by atoms with Crippen molar-refractivity contribution < 1.29 is 21.0 Å². The molecule has 3 rings (SSSR count). The molecule has 0 bridgehead atoms. The smallest absolute Gasteiger partial charge is 0.339 e. The van der Waals surface area contributed by atoms with Crippen molar-refractivity contribution in [3.05, 3.63) is 83.9 Å². The summed E-state index contributed by atoms with van der Waals surface area (Å²) < 4.78 is 58.0. The zero-order valence-electron chi connectivity index (χ0n) is 15.3. The fourth-order valence-electron chi connectivity index (χ4n) is 2.51. The van der Waals surface area contributed by atoms with Crippen LogP contribution in [0.4, 0.5) is 5.69 Å². The predicted molar refractivity (Wildman–Crippen MR) is 107 cm³/mol. The molecular formula is C20H19NO5S2. The molecule has 3 aromatic rings. The van der Waals surface area contributed by atoms with Crippen molar-refractivity contribution in [2.24, 2.45) is 0 Å². The van der Waals surface area contributed by atoms with Gasteiger partial charge in [-0.2, -0.15) is 8.42 Å². The van der Waals surface area contributed by atoms with E-state index in [-0.39, 0.29) is 21.2 Å². The summed E-state index contributed by atoms with van der Waals surface area (Å²) in [7, 11) is -7.98. The van der Waals surface area contributed by atoms with Crippen LogP contribution in [0.3, 0.4) is 0 Å². The second-order valence-corrected chi connectivity index (χ2v) is 9.45. The van der Waals surface area contributed by atoms with Crippen LogP contribution in [-0.2, 0) is 20.1 Å². The van der Waals surface area contributed by atoms with Crippen LogP contribution in [0.15, 0.2) is 82.6 Å². The maximum atomic E-state index is 12.6. The molecule has 0 aliphatic rings. The van der Waals surface area contributed by atoms with E-state index >= 15 is 0 Å². The molecule has 8 heteroatoms. The number of rotatable bonds is 6. The normalized spacial score (nSPS) is 11.8. The van der Waals surface area contributed by atoms with Gasteiger partial charge < -0.3 is 4.18 Å². The second kappa shape index (κ2) is 7.65. The van der Waals surface area contributed by atoms with Crippen molar-refractivity contribution >= 4 is 25.8 Å². The fraction of sp³-hybridized carbons (Fsp3) is 0.100. The Morgan fingerprint density at radius 2 is 1.43 bits per heavy atom. The molecule has 0 saturated carbocycles. The van der Waals surface area contributed by atoms with Gasteiger partial charge in [0.05, 0.1) is 10.6 Å². The highest BCUT2D eigenvalue weighted by Gasteiger charge is 2.21. The van der Waals surface area contributed by atoms with Crippen LogP contribution in [-0.4, -0.2) is 16.8 Å². The molecule has 0 fully saturated rings. The summed E-state index contributed by atoms with van der Waals surface area (Å²) in [6, 6.07) is 18.7. The lowest BCUT2D eigenvalue weighted by molar-refractivity contribution is 0.485. The number of hydrogen-bond donors (Lipinski definition) is 1. The molecule has 146 valence electrons. The molecule has 0 spiro atoms. The SMILES string of the molecule is Cc1ccc(S(=O)(=O)Nc2ccc(C)c(S(=O)(=O)Oc3ccccc3)c2)cc1. The molecule has 0 unspecified atom stereocenters. The number of sulfonamides is 1. The van der Waals surface area contributed by atoms with E-state index < -0.39 is 20.1 Å². The Morgan fingerprint density at radius 3 is 2.07 bits per heavy atom.